The van der Waals surface area contributed by atoms with Gasteiger partial charge in [0.1, 0.15) is 5.75 Å². The van der Waals surface area contributed by atoms with Crippen LogP contribution in [0.5, 0.6) is 5.75 Å². The number of rotatable bonds is 6. The third-order valence-electron chi connectivity index (χ3n) is 4.39. The molecule has 2 amide bonds. The Morgan fingerprint density at radius 1 is 1.28 bits per heavy atom. The Labute approximate surface area is 157 Å². The maximum atomic E-state index is 12.7. The molecule has 25 heavy (non-hydrogen) atoms. The first-order valence-corrected chi connectivity index (χ1v) is 9.85. The summed E-state index contributed by atoms with van der Waals surface area (Å²) in [4.78, 5) is 14.7. The van der Waals surface area contributed by atoms with E-state index < -0.39 is 0 Å². The van der Waals surface area contributed by atoms with Gasteiger partial charge >= 0.3 is 6.03 Å². The van der Waals surface area contributed by atoms with E-state index in [1.54, 1.807) is 0 Å². The van der Waals surface area contributed by atoms with Gasteiger partial charge in [0.25, 0.3) is 0 Å². The normalized spacial score (nSPS) is 16.4. The van der Waals surface area contributed by atoms with Gasteiger partial charge in [0.2, 0.25) is 0 Å². The number of carbonyl (C=O) groups excluding carboxylic acids is 1. The van der Waals surface area contributed by atoms with E-state index in [0.717, 1.165) is 35.3 Å². The first-order valence-electron chi connectivity index (χ1n) is 8.72. The van der Waals surface area contributed by atoms with Crippen LogP contribution in [0.15, 0.2) is 42.6 Å². The fourth-order valence-corrected chi connectivity index (χ4v) is 3.51. The predicted octanol–water partition coefficient (Wildman–Crippen LogP) is 3.79. The van der Waals surface area contributed by atoms with Crippen LogP contribution in [0.3, 0.4) is 0 Å². The minimum atomic E-state index is -0.0802. The van der Waals surface area contributed by atoms with Crippen molar-refractivity contribution in [3.05, 3.63) is 53.9 Å². The van der Waals surface area contributed by atoms with Crippen LogP contribution in [0.1, 0.15) is 30.6 Å². The van der Waals surface area contributed by atoms with Gasteiger partial charge in [-0.1, -0.05) is 28.1 Å². The summed E-state index contributed by atoms with van der Waals surface area (Å²) in [5, 5.41) is 3.92. The molecule has 1 N–H and O–H groups in total. The van der Waals surface area contributed by atoms with E-state index in [2.05, 4.69) is 50.2 Å². The molecular formula is C19H24BrN3O2. The number of hydrogen-bond acceptors (Lipinski definition) is 2. The van der Waals surface area contributed by atoms with Gasteiger partial charge < -0.3 is 19.5 Å². The van der Waals surface area contributed by atoms with Gasteiger partial charge in [-0.2, -0.15) is 0 Å². The summed E-state index contributed by atoms with van der Waals surface area (Å²) in [7, 11) is 0. The summed E-state index contributed by atoms with van der Waals surface area (Å²) in [6.07, 6.45) is 3.00. The number of halogens is 1. The third kappa shape index (κ3) is 4.00. The molecule has 6 heteroatoms. The van der Waals surface area contributed by atoms with Gasteiger partial charge in [-0.3, -0.25) is 0 Å². The SMILES string of the molecule is CCOc1ccc(C2c3cccn3CCN2C(=O)NCCCBr)cc1. The van der Waals surface area contributed by atoms with Gasteiger partial charge in [0, 0.05) is 36.9 Å². The Morgan fingerprint density at radius 2 is 2.08 bits per heavy atom. The van der Waals surface area contributed by atoms with Crippen molar-refractivity contribution in [2.75, 3.05) is 25.0 Å². The summed E-state index contributed by atoms with van der Waals surface area (Å²) in [6.45, 7) is 4.81. The van der Waals surface area contributed by atoms with Crippen molar-refractivity contribution in [2.45, 2.75) is 25.9 Å². The number of alkyl halides is 1. The van der Waals surface area contributed by atoms with Crippen molar-refractivity contribution in [2.24, 2.45) is 0 Å². The highest BCUT2D eigenvalue weighted by atomic mass is 79.9. The maximum Gasteiger partial charge on any atom is 0.318 e. The number of aromatic nitrogens is 1. The summed E-state index contributed by atoms with van der Waals surface area (Å²) < 4.78 is 7.77. The number of nitrogens with zero attached hydrogens (tertiary/aromatic N) is 2. The second-order valence-electron chi connectivity index (χ2n) is 6.00. The summed E-state index contributed by atoms with van der Waals surface area (Å²) in [5.41, 5.74) is 2.24. The van der Waals surface area contributed by atoms with Crippen LogP contribution in [0.25, 0.3) is 0 Å². The Morgan fingerprint density at radius 3 is 2.80 bits per heavy atom. The van der Waals surface area contributed by atoms with Gasteiger partial charge in [0.15, 0.2) is 0 Å². The van der Waals surface area contributed by atoms with Crippen LogP contribution >= 0.6 is 15.9 Å². The molecule has 0 aliphatic carbocycles. The molecule has 0 bridgehead atoms. The first kappa shape index (κ1) is 17.9. The fourth-order valence-electron chi connectivity index (χ4n) is 3.23. The lowest BCUT2D eigenvalue weighted by molar-refractivity contribution is 0.169. The molecule has 3 rings (SSSR count). The summed E-state index contributed by atoms with van der Waals surface area (Å²) in [5.74, 6) is 0.853. The zero-order valence-electron chi connectivity index (χ0n) is 14.5. The van der Waals surface area contributed by atoms with Crippen LogP contribution in [0.4, 0.5) is 4.79 Å². The molecule has 0 saturated carbocycles. The summed E-state index contributed by atoms with van der Waals surface area (Å²) in [6, 6.07) is 12.1. The number of carbonyl (C=O) groups is 1. The molecule has 0 radical (unpaired) electrons. The standard InChI is InChI=1S/C19H24BrN3O2/c1-2-25-16-8-6-15(7-9-16)18-17-5-3-12-22(17)13-14-23(18)19(24)21-11-4-10-20/h3,5-9,12,18H,2,4,10-11,13-14H2,1H3,(H,21,24). The van der Waals surface area contributed by atoms with Crippen LogP contribution in [0.2, 0.25) is 0 Å². The Kier molecular flexibility index (Phi) is 6.02. The lowest BCUT2D eigenvalue weighted by Gasteiger charge is -2.37. The Balaban J connectivity index is 1.86. The van der Waals surface area contributed by atoms with E-state index in [4.69, 9.17) is 4.74 Å². The third-order valence-corrected chi connectivity index (χ3v) is 4.95. The lowest BCUT2D eigenvalue weighted by Crippen LogP contribution is -2.47. The van der Waals surface area contributed by atoms with Crippen LogP contribution < -0.4 is 10.1 Å². The van der Waals surface area contributed by atoms with Crippen molar-refractivity contribution in [1.29, 1.82) is 0 Å². The van der Waals surface area contributed by atoms with Crippen molar-refractivity contribution < 1.29 is 9.53 Å². The maximum absolute atomic E-state index is 12.7. The Bertz CT molecular complexity index is 699. The first-order chi connectivity index (χ1) is 12.2. The van der Waals surface area contributed by atoms with Crippen LogP contribution in [-0.2, 0) is 6.54 Å². The Hall–Kier alpha value is -1.95. The van der Waals surface area contributed by atoms with Crippen molar-refractivity contribution >= 4 is 22.0 Å². The number of urea groups is 1. The molecule has 0 fully saturated rings. The van der Waals surface area contributed by atoms with E-state index in [9.17, 15) is 4.79 Å². The predicted molar refractivity (Wildman–Crippen MR) is 102 cm³/mol. The monoisotopic (exact) mass is 405 g/mol. The zero-order chi connectivity index (χ0) is 17.6. The number of amides is 2. The van der Waals surface area contributed by atoms with Gasteiger partial charge in [0.05, 0.1) is 12.6 Å². The molecule has 1 aliphatic rings. The fraction of sp³-hybridized carbons (Fsp3) is 0.421. The molecule has 1 atom stereocenters. The average Bonchev–Trinajstić information content (AvgIpc) is 3.11. The van der Waals surface area contributed by atoms with Gasteiger partial charge in [-0.15, -0.1) is 0 Å². The van der Waals surface area contributed by atoms with Crippen molar-refractivity contribution in [3.8, 4) is 5.75 Å². The molecule has 1 aromatic carbocycles. The second-order valence-corrected chi connectivity index (χ2v) is 6.79. The molecule has 134 valence electrons. The van der Waals surface area contributed by atoms with Gasteiger partial charge in [-0.25, -0.2) is 4.79 Å². The minimum Gasteiger partial charge on any atom is -0.494 e. The average molecular weight is 406 g/mol. The minimum absolute atomic E-state index is 0.00714. The van der Waals surface area contributed by atoms with E-state index in [0.29, 0.717) is 19.7 Å². The van der Waals surface area contributed by atoms with Gasteiger partial charge in [-0.05, 0) is 43.2 Å². The van der Waals surface area contributed by atoms with E-state index in [-0.39, 0.29) is 12.1 Å². The smallest absolute Gasteiger partial charge is 0.318 e. The summed E-state index contributed by atoms with van der Waals surface area (Å²) >= 11 is 3.40. The number of nitrogens with one attached hydrogen (secondary N) is 1. The van der Waals surface area contributed by atoms with E-state index >= 15 is 0 Å². The topological polar surface area (TPSA) is 46.5 Å². The molecule has 1 aromatic heterocycles. The molecule has 1 unspecified atom stereocenters. The highest BCUT2D eigenvalue weighted by molar-refractivity contribution is 9.09. The van der Waals surface area contributed by atoms with Crippen LogP contribution in [-0.4, -0.2) is 40.5 Å². The molecule has 0 saturated heterocycles. The quantitative estimate of drug-likeness (QED) is 0.586. The zero-order valence-corrected chi connectivity index (χ0v) is 16.0. The number of ether oxygens (including phenoxy) is 1. The molecular weight excluding hydrogens is 382 g/mol. The molecule has 2 aromatic rings. The number of hydrogen-bond donors (Lipinski definition) is 1. The number of benzene rings is 1. The number of fused-ring (bicyclic) bond motifs is 1. The molecule has 0 spiro atoms. The van der Waals surface area contributed by atoms with Crippen molar-refractivity contribution in [1.82, 2.24) is 14.8 Å². The highest BCUT2D eigenvalue weighted by Crippen LogP contribution is 2.33. The largest absolute Gasteiger partial charge is 0.494 e. The molecule has 1 aliphatic heterocycles. The highest BCUT2D eigenvalue weighted by Gasteiger charge is 2.31. The van der Waals surface area contributed by atoms with Crippen molar-refractivity contribution in [3.63, 3.8) is 0 Å². The van der Waals surface area contributed by atoms with E-state index in [1.165, 1.54) is 0 Å². The molecule has 2 heterocycles. The van der Waals surface area contributed by atoms with E-state index in [1.807, 2.05) is 30.0 Å². The van der Waals surface area contributed by atoms with Crippen LogP contribution in [0, 0.1) is 0 Å². The second kappa shape index (κ2) is 8.43. The lowest BCUT2D eigenvalue weighted by atomic mass is 10.00. The molecule has 5 nitrogen and oxygen atoms in total.